The van der Waals surface area contributed by atoms with E-state index in [1.807, 2.05) is 68.4 Å². The van der Waals surface area contributed by atoms with Crippen LogP contribution in [-0.4, -0.2) is 21.6 Å². The number of amides is 1. The van der Waals surface area contributed by atoms with Crippen molar-refractivity contribution in [3.63, 3.8) is 0 Å². The molecule has 0 atom stereocenters. The topological polar surface area (TPSA) is 64.1 Å². The van der Waals surface area contributed by atoms with Crippen molar-refractivity contribution in [2.75, 3.05) is 11.1 Å². The van der Waals surface area contributed by atoms with Gasteiger partial charge in [0, 0.05) is 11.4 Å². The van der Waals surface area contributed by atoms with Gasteiger partial charge >= 0.3 is 0 Å². The first-order valence-corrected chi connectivity index (χ1v) is 9.69. The number of rotatable bonds is 7. The number of nitrogens with one attached hydrogen (secondary N) is 1. The summed E-state index contributed by atoms with van der Waals surface area (Å²) in [6.07, 6.45) is 0. The predicted octanol–water partition coefficient (Wildman–Crippen LogP) is 4.73. The van der Waals surface area contributed by atoms with Gasteiger partial charge in [0.2, 0.25) is 0 Å². The van der Waals surface area contributed by atoms with Crippen LogP contribution in [-0.2, 0) is 6.61 Å². The maximum absolute atomic E-state index is 12.5. The molecule has 138 valence electrons. The molecule has 1 N–H and O–H groups in total. The van der Waals surface area contributed by atoms with Gasteiger partial charge in [-0.1, -0.05) is 49.0 Å². The summed E-state index contributed by atoms with van der Waals surface area (Å²) in [6.45, 7) is 4.39. The summed E-state index contributed by atoms with van der Waals surface area (Å²) in [5.74, 6) is 1.35. The fourth-order valence-electron chi connectivity index (χ4n) is 2.42. The van der Waals surface area contributed by atoms with Gasteiger partial charge in [0.1, 0.15) is 18.1 Å². The van der Waals surface area contributed by atoms with Crippen molar-refractivity contribution in [1.82, 2.24) is 9.97 Å². The molecule has 0 saturated carbocycles. The number of ether oxygens (including phenoxy) is 1. The standard InChI is InChI=1S/C21H21N3O2S/c1-3-27-21-22-15(2)13-19(24-21)20(25)23-17-9-11-18(12-10-17)26-14-16-7-5-4-6-8-16/h4-13H,3,14H2,1-2H3,(H,23,25). The molecule has 0 fully saturated rings. The number of benzene rings is 2. The molecule has 0 radical (unpaired) electrons. The minimum absolute atomic E-state index is 0.253. The SMILES string of the molecule is CCSc1nc(C)cc(C(=O)Nc2ccc(OCc3ccccc3)cc2)n1. The number of thioether (sulfide) groups is 1. The summed E-state index contributed by atoms with van der Waals surface area (Å²) < 4.78 is 5.76. The van der Waals surface area contributed by atoms with E-state index in [1.165, 1.54) is 11.8 Å². The number of aromatic nitrogens is 2. The fourth-order valence-corrected chi connectivity index (χ4v) is 3.05. The van der Waals surface area contributed by atoms with Crippen LogP contribution in [0.25, 0.3) is 0 Å². The molecule has 0 aliphatic heterocycles. The Morgan fingerprint density at radius 3 is 2.52 bits per heavy atom. The average Bonchev–Trinajstić information content (AvgIpc) is 2.68. The van der Waals surface area contributed by atoms with E-state index in [9.17, 15) is 4.79 Å². The Kier molecular flexibility index (Phi) is 6.44. The van der Waals surface area contributed by atoms with Crippen molar-refractivity contribution in [2.45, 2.75) is 25.6 Å². The van der Waals surface area contributed by atoms with E-state index in [0.29, 0.717) is 23.1 Å². The zero-order chi connectivity index (χ0) is 19.1. The van der Waals surface area contributed by atoms with Crippen LogP contribution in [0.4, 0.5) is 5.69 Å². The number of hydrogen-bond donors (Lipinski definition) is 1. The molecule has 2 aromatic carbocycles. The molecule has 0 aliphatic rings. The number of nitrogens with zero attached hydrogens (tertiary/aromatic N) is 2. The molecule has 5 nitrogen and oxygen atoms in total. The summed E-state index contributed by atoms with van der Waals surface area (Å²) in [7, 11) is 0. The van der Waals surface area contributed by atoms with Gasteiger partial charge in [-0.25, -0.2) is 9.97 Å². The molecule has 1 amide bonds. The highest BCUT2D eigenvalue weighted by Gasteiger charge is 2.11. The van der Waals surface area contributed by atoms with Gasteiger partial charge < -0.3 is 10.1 Å². The van der Waals surface area contributed by atoms with Crippen molar-refractivity contribution in [2.24, 2.45) is 0 Å². The van der Waals surface area contributed by atoms with E-state index >= 15 is 0 Å². The Morgan fingerprint density at radius 2 is 1.81 bits per heavy atom. The number of carbonyl (C=O) groups is 1. The molecule has 1 aromatic heterocycles. The third kappa shape index (κ3) is 5.56. The number of hydrogen-bond acceptors (Lipinski definition) is 5. The Bertz CT molecular complexity index is 899. The molecule has 0 saturated heterocycles. The first kappa shape index (κ1) is 18.9. The van der Waals surface area contributed by atoms with Crippen molar-refractivity contribution >= 4 is 23.4 Å². The third-order valence-corrected chi connectivity index (χ3v) is 4.43. The Labute approximate surface area is 163 Å². The van der Waals surface area contributed by atoms with Gasteiger partial charge in [0.25, 0.3) is 5.91 Å². The number of aryl methyl sites for hydroxylation is 1. The Hall–Kier alpha value is -2.86. The first-order chi connectivity index (χ1) is 13.1. The van der Waals surface area contributed by atoms with E-state index in [1.54, 1.807) is 6.07 Å². The highest BCUT2D eigenvalue weighted by Crippen LogP contribution is 2.18. The summed E-state index contributed by atoms with van der Waals surface area (Å²) in [5.41, 5.74) is 2.93. The van der Waals surface area contributed by atoms with E-state index in [0.717, 1.165) is 22.8 Å². The minimum atomic E-state index is -0.253. The number of anilines is 1. The smallest absolute Gasteiger partial charge is 0.274 e. The van der Waals surface area contributed by atoms with Gasteiger partial charge in [-0.05, 0) is 48.6 Å². The van der Waals surface area contributed by atoms with Crippen molar-refractivity contribution in [3.05, 3.63) is 77.6 Å². The molecular weight excluding hydrogens is 358 g/mol. The maximum atomic E-state index is 12.5. The van der Waals surface area contributed by atoms with Crippen LogP contribution in [0.2, 0.25) is 0 Å². The molecule has 3 aromatic rings. The highest BCUT2D eigenvalue weighted by molar-refractivity contribution is 7.99. The van der Waals surface area contributed by atoms with Gasteiger partial charge in [-0.15, -0.1) is 0 Å². The number of carbonyl (C=O) groups excluding carboxylic acids is 1. The summed E-state index contributed by atoms with van der Waals surface area (Å²) in [5, 5.41) is 3.48. The van der Waals surface area contributed by atoms with Crippen LogP contribution in [0, 0.1) is 6.92 Å². The zero-order valence-corrected chi connectivity index (χ0v) is 16.1. The van der Waals surface area contributed by atoms with Crippen LogP contribution >= 0.6 is 11.8 Å². The maximum Gasteiger partial charge on any atom is 0.274 e. The molecule has 3 rings (SSSR count). The van der Waals surface area contributed by atoms with Crippen LogP contribution in [0.1, 0.15) is 28.7 Å². The van der Waals surface area contributed by atoms with E-state index in [-0.39, 0.29) is 5.91 Å². The van der Waals surface area contributed by atoms with Gasteiger partial charge in [-0.2, -0.15) is 0 Å². The largest absolute Gasteiger partial charge is 0.489 e. The lowest BCUT2D eigenvalue weighted by Crippen LogP contribution is -2.15. The second-order valence-corrected chi connectivity index (χ2v) is 7.09. The third-order valence-electron chi connectivity index (χ3n) is 3.70. The molecule has 6 heteroatoms. The van der Waals surface area contributed by atoms with Crippen molar-refractivity contribution < 1.29 is 9.53 Å². The van der Waals surface area contributed by atoms with Gasteiger partial charge in [0.05, 0.1) is 0 Å². The van der Waals surface area contributed by atoms with Crippen LogP contribution < -0.4 is 10.1 Å². The first-order valence-electron chi connectivity index (χ1n) is 8.70. The molecule has 0 aliphatic carbocycles. The zero-order valence-electron chi connectivity index (χ0n) is 15.3. The summed E-state index contributed by atoms with van der Waals surface area (Å²) in [6, 6.07) is 19.0. The average molecular weight is 379 g/mol. The monoisotopic (exact) mass is 379 g/mol. The molecular formula is C21H21N3O2S. The summed E-state index contributed by atoms with van der Waals surface area (Å²) in [4.78, 5) is 21.1. The van der Waals surface area contributed by atoms with E-state index < -0.39 is 0 Å². The van der Waals surface area contributed by atoms with Crippen molar-refractivity contribution in [3.8, 4) is 5.75 Å². The molecule has 27 heavy (non-hydrogen) atoms. The van der Waals surface area contributed by atoms with Gasteiger partial charge in [0.15, 0.2) is 5.16 Å². The lowest BCUT2D eigenvalue weighted by molar-refractivity contribution is 0.102. The fraction of sp³-hybridized carbons (Fsp3) is 0.190. The summed E-state index contributed by atoms with van der Waals surface area (Å²) >= 11 is 1.51. The Balaban J connectivity index is 1.61. The lowest BCUT2D eigenvalue weighted by atomic mass is 10.2. The van der Waals surface area contributed by atoms with E-state index in [2.05, 4.69) is 15.3 Å². The normalized spacial score (nSPS) is 10.4. The van der Waals surface area contributed by atoms with Crippen molar-refractivity contribution in [1.29, 1.82) is 0 Å². The van der Waals surface area contributed by atoms with Crippen LogP contribution in [0.15, 0.2) is 65.8 Å². The van der Waals surface area contributed by atoms with Crippen LogP contribution in [0.3, 0.4) is 0 Å². The second-order valence-electron chi connectivity index (χ2n) is 5.86. The molecule has 0 unspecified atom stereocenters. The molecule has 1 heterocycles. The van der Waals surface area contributed by atoms with Gasteiger partial charge in [-0.3, -0.25) is 4.79 Å². The van der Waals surface area contributed by atoms with E-state index in [4.69, 9.17) is 4.74 Å². The van der Waals surface area contributed by atoms with Crippen LogP contribution in [0.5, 0.6) is 5.75 Å². The quantitative estimate of drug-likeness (QED) is 0.475. The minimum Gasteiger partial charge on any atom is -0.489 e. The molecule has 0 spiro atoms. The molecule has 0 bridgehead atoms. The lowest BCUT2D eigenvalue weighted by Gasteiger charge is -2.09. The Morgan fingerprint density at radius 1 is 1.07 bits per heavy atom. The highest BCUT2D eigenvalue weighted by atomic mass is 32.2. The predicted molar refractivity (Wildman–Crippen MR) is 108 cm³/mol. The second kappa shape index (κ2) is 9.19.